The van der Waals surface area contributed by atoms with Gasteiger partial charge >= 0.3 is 0 Å². The summed E-state index contributed by atoms with van der Waals surface area (Å²) < 4.78 is 5.86. The van der Waals surface area contributed by atoms with Crippen molar-refractivity contribution in [3.8, 4) is 0 Å². The van der Waals surface area contributed by atoms with Gasteiger partial charge in [0.05, 0.1) is 24.7 Å². The number of aliphatic hydroxyl groups excluding tert-OH is 1. The molecule has 334 valence electrons. The molecule has 5 rings (SSSR count). The van der Waals surface area contributed by atoms with Crippen LogP contribution in [-0.4, -0.2) is 49.3 Å². The number of amides is 2. The Morgan fingerprint density at radius 3 is 1.93 bits per heavy atom. The molecule has 0 aromatic rings. The van der Waals surface area contributed by atoms with Crippen LogP contribution in [0.2, 0.25) is 0 Å². The van der Waals surface area contributed by atoms with E-state index in [2.05, 4.69) is 131 Å². The molecule has 60 heavy (non-hydrogen) atoms. The van der Waals surface area contributed by atoms with Crippen LogP contribution in [-0.2, 0) is 14.3 Å². The summed E-state index contributed by atoms with van der Waals surface area (Å²) in [5, 5.41) is 17.3. The summed E-state index contributed by atoms with van der Waals surface area (Å²) in [7, 11) is 0. The molecule has 4 saturated carbocycles. The van der Waals surface area contributed by atoms with Crippen LogP contribution in [0.25, 0.3) is 0 Å². The Morgan fingerprint density at radius 1 is 0.717 bits per heavy atom. The zero-order valence-corrected chi connectivity index (χ0v) is 38.7. The van der Waals surface area contributed by atoms with Crippen LogP contribution in [0.3, 0.4) is 0 Å². The van der Waals surface area contributed by atoms with E-state index < -0.39 is 0 Å². The topological polar surface area (TPSA) is 87.7 Å². The highest BCUT2D eigenvalue weighted by Crippen LogP contribution is 2.71. The summed E-state index contributed by atoms with van der Waals surface area (Å²) in [4.78, 5) is 26.6. The van der Waals surface area contributed by atoms with Crippen molar-refractivity contribution in [3.63, 3.8) is 0 Å². The van der Waals surface area contributed by atoms with Gasteiger partial charge < -0.3 is 20.5 Å². The largest absolute Gasteiger partial charge is 0.393 e. The Hall–Kier alpha value is -2.96. The highest BCUT2D eigenvalue weighted by Gasteiger charge is 2.65. The average Bonchev–Trinajstić information content (AvgIpc) is 3.22. The molecule has 0 saturated heterocycles. The van der Waals surface area contributed by atoms with E-state index in [-0.39, 0.29) is 39.6 Å². The first-order valence-electron chi connectivity index (χ1n) is 24.3. The van der Waals surface area contributed by atoms with Crippen LogP contribution in [0.5, 0.6) is 0 Å². The maximum atomic E-state index is 14.3. The van der Waals surface area contributed by atoms with E-state index in [1.54, 1.807) is 5.57 Å². The van der Waals surface area contributed by atoms with E-state index in [1.807, 2.05) is 0 Å². The van der Waals surface area contributed by atoms with Crippen molar-refractivity contribution in [1.29, 1.82) is 0 Å². The second-order valence-corrected chi connectivity index (χ2v) is 20.2. The number of carbonyl (C=O) groups is 2. The lowest BCUT2D eigenvalue weighted by Gasteiger charge is -2.68. The number of nitrogens with one attached hydrogen (secondary N) is 2. The predicted octanol–water partition coefficient (Wildman–Crippen LogP) is 12.1. The number of ether oxygens (including phenoxy) is 1. The third kappa shape index (κ3) is 11.5. The summed E-state index contributed by atoms with van der Waals surface area (Å²) in [6.07, 6.45) is 46.8. The molecule has 3 N–H and O–H groups in total. The van der Waals surface area contributed by atoms with Crippen molar-refractivity contribution in [3.05, 3.63) is 84.6 Å². The molecule has 0 aromatic carbocycles. The number of allylic oxidation sites excluding steroid dienone is 14. The number of carbonyl (C=O) groups excluding carboxylic acids is 2. The minimum atomic E-state index is -0.321. The molecular formula is C54H84N2O4. The minimum absolute atomic E-state index is 0.0375. The van der Waals surface area contributed by atoms with Crippen LogP contribution in [0, 0.1) is 51.2 Å². The third-order valence-corrected chi connectivity index (χ3v) is 16.2. The van der Waals surface area contributed by atoms with Crippen molar-refractivity contribution in [1.82, 2.24) is 10.6 Å². The Bertz CT molecular complexity index is 1600. The van der Waals surface area contributed by atoms with Gasteiger partial charge in [-0.3, -0.25) is 9.59 Å². The molecule has 0 bridgehead atoms. The lowest BCUT2D eigenvalue weighted by molar-refractivity contribution is -0.186. The Morgan fingerprint density at radius 2 is 1.30 bits per heavy atom. The highest BCUT2D eigenvalue weighted by molar-refractivity contribution is 5.84. The fourth-order valence-electron chi connectivity index (χ4n) is 13.2. The van der Waals surface area contributed by atoms with Gasteiger partial charge in [-0.15, -0.1) is 0 Å². The molecule has 5 aliphatic rings. The first-order valence-corrected chi connectivity index (χ1v) is 24.3. The Kier molecular flexibility index (Phi) is 18.4. The Balaban J connectivity index is 0.959. The van der Waals surface area contributed by atoms with E-state index in [0.717, 1.165) is 89.9 Å². The first-order chi connectivity index (χ1) is 28.9. The van der Waals surface area contributed by atoms with Gasteiger partial charge in [0, 0.05) is 19.5 Å². The highest BCUT2D eigenvalue weighted by atomic mass is 16.5. The molecule has 0 aromatic heterocycles. The van der Waals surface area contributed by atoms with Crippen molar-refractivity contribution in [2.24, 2.45) is 51.2 Å². The third-order valence-electron chi connectivity index (χ3n) is 16.2. The van der Waals surface area contributed by atoms with Gasteiger partial charge in [0.25, 0.3) is 0 Å². The van der Waals surface area contributed by atoms with Crippen molar-refractivity contribution in [2.75, 3.05) is 26.3 Å². The van der Waals surface area contributed by atoms with Crippen LogP contribution in [0.4, 0.5) is 0 Å². The van der Waals surface area contributed by atoms with Gasteiger partial charge in [-0.25, -0.2) is 0 Å². The molecule has 0 radical (unpaired) electrons. The molecule has 6 heteroatoms. The van der Waals surface area contributed by atoms with Gasteiger partial charge in [0.2, 0.25) is 11.8 Å². The molecule has 9 unspecified atom stereocenters. The van der Waals surface area contributed by atoms with E-state index in [1.165, 1.54) is 19.3 Å². The fraction of sp³-hybridized carbons (Fsp3) is 0.704. The molecule has 0 heterocycles. The molecule has 2 amide bonds. The van der Waals surface area contributed by atoms with E-state index in [4.69, 9.17) is 4.74 Å². The molecule has 0 aliphatic heterocycles. The second-order valence-electron chi connectivity index (χ2n) is 20.2. The average molecular weight is 825 g/mol. The Labute approximate surface area is 366 Å². The van der Waals surface area contributed by atoms with Gasteiger partial charge in [-0.1, -0.05) is 139 Å². The monoisotopic (exact) mass is 825 g/mol. The van der Waals surface area contributed by atoms with Gasteiger partial charge in [-0.2, -0.15) is 0 Å². The van der Waals surface area contributed by atoms with E-state index in [9.17, 15) is 14.7 Å². The lowest BCUT2D eigenvalue weighted by atomic mass is 9.37. The van der Waals surface area contributed by atoms with Crippen LogP contribution in [0.15, 0.2) is 84.6 Å². The maximum absolute atomic E-state index is 14.3. The molecule has 6 nitrogen and oxygen atoms in total. The molecular weight excluding hydrogens is 741 g/mol. The van der Waals surface area contributed by atoms with Crippen LogP contribution in [0.1, 0.15) is 157 Å². The smallest absolute Gasteiger partial charge is 0.226 e. The predicted molar refractivity (Wildman–Crippen MR) is 250 cm³/mol. The normalized spacial score (nSPS) is 34.0. The molecule has 0 spiro atoms. The van der Waals surface area contributed by atoms with E-state index >= 15 is 0 Å². The lowest BCUT2D eigenvalue weighted by Crippen LogP contribution is -2.62. The summed E-state index contributed by atoms with van der Waals surface area (Å²) in [5.74, 6) is 2.85. The number of fused-ring (bicyclic) bond motifs is 7. The number of rotatable bonds is 21. The number of hydrogen-bond donors (Lipinski definition) is 3. The van der Waals surface area contributed by atoms with Crippen molar-refractivity contribution < 1.29 is 19.4 Å². The van der Waals surface area contributed by atoms with Crippen LogP contribution >= 0.6 is 0 Å². The van der Waals surface area contributed by atoms with Crippen molar-refractivity contribution in [2.45, 2.75) is 163 Å². The summed E-state index contributed by atoms with van der Waals surface area (Å²) in [5.41, 5.74) is 1.76. The fourth-order valence-corrected chi connectivity index (χ4v) is 13.2. The maximum Gasteiger partial charge on any atom is 0.226 e. The number of hydrogen-bond acceptors (Lipinski definition) is 4. The van der Waals surface area contributed by atoms with Crippen LogP contribution < -0.4 is 10.6 Å². The summed E-state index contributed by atoms with van der Waals surface area (Å²) in [6.45, 7) is 16.3. The quantitative estimate of drug-likeness (QED) is 0.0795. The SMILES string of the molecule is CC/C=C\C/C=C\C/C=C\C/C=C\C/C=C\C/C=C\CCC(=O)NCCOCCNC(=O)C12CCCC(C)C1C1=CCC3C(C)(CCC4C(C)(C)C(O)CCC43C)C1CC2. The van der Waals surface area contributed by atoms with Gasteiger partial charge in [0.15, 0.2) is 0 Å². The second kappa shape index (κ2) is 22.9. The number of aliphatic hydroxyl groups is 1. The summed E-state index contributed by atoms with van der Waals surface area (Å²) in [6, 6.07) is 0. The molecule has 9 atom stereocenters. The molecule has 5 aliphatic carbocycles. The van der Waals surface area contributed by atoms with E-state index in [0.29, 0.717) is 62.3 Å². The van der Waals surface area contributed by atoms with Gasteiger partial charge in [0.1, 0.15) is 0 Å². The first kappa shape index (κ1) is 48.1. The standard InChI is InChI=1S/C54H84N2O4/c1-7-8-9-10-11-12-13-14-15-16-17-18-19-20-21-22-23-24-25-28-48(58)55-38-40-60-41-39-56-50(59)54-34-26-27-42(2)49(54)43-29-30-46-52(5,44(43)31-37-54)35-32-45-51(3,4)47(57)33-36-53(45,46)6/h8-9,11-12,14-15,17-18,20-21,23-24,29,42,44-47,49,57H,7,10,13,16,19,22,25-28,30-41H2,1-6H3,(H,55,58)(H,56,59)/b9-8-,12-11-,15-14-,18-17-,21-20-,24-23-. The van der Waals surface area contributed by atoms with Gasteiger partial charge in [-0.05, 0) is 142 Å². The van der Waals surface area contributed by atoms with Crippen molar-refractivity contribution >= 4 is 11.8 Å². The zero-order valence-electron chi connectivity index (χ0n) is 38.7. The summed E-state index contributed by atoms with van der Waals surface area (Å²) >= 11 is 0. The zero-order chi connectivity index (χ0) is 43.1. The molecule has 4 fully saturated rings. The minimum Gasteiger partial charge on any atom is -0.393 e.